The second-order valence-electron chi connectivity index (χ2n) is 5.50. The molecule has 19 heavy (non-hydrogen) atoms. The fourth-order valence-electron chi connectivity index (χ4n) is 2.77. The van der Waals surface area contributed by atoms with Crippen LogP contribution in [0.5, 0.6) is 0 Å². The number of rotatable bonds is 9. The minimum Gasteiger partial charge on any atom is -0.327 e. The number of carbonyl (C=O) groups is 1. The van der Waals surface area contributed by atoms with Crippen LogP contribution in [0, 0.1) is 11.8 Å². The third-order valence-electron chi connectivity index (χ3n) is 3.95. The van der Waals surface area contributed by atoms with Crippen LogP contribution in [0.25, 0.3) is 0 Å². The van der Waals surface area contributed by atoms with E-state index in [0.29, 0.717) is 18.2 Å². The van der Waals surface area contributed by atoms with E-state index in [1.54, 1.807) is 0 Å². The molecule has 2 atom stereocenters. The fourth-order valence-corrected chi connectivity index (χ4v) is 2.77. The number of allylic oxidation sites excluding steroid dienone is 3. The Bertz CT molecular complexity index is 306. The molecule has 0 heterocycles. The van der Waals surface area contributed by atoms with Crippen molar-refractivity contribution in [3.8, 4) is 0 Å². The molecular weight excluding hydrogens is 234 g/mol. The lowest BCUT2D eigenvalue weighted by Gasteiger charge is -2.12. The third kappa shape index (κ3) is 6.20. The van der Waals surface area contributed by atoms with Gasteiger partial charge in [-0.05, 0) is 31.6 Å². The Hall–Kier alpha value is -0.890. The van der Waals surface area contributed by atoms with Crippen LogP contribution in [0.4, 0.5) is 0 Å². The van der Waals surface area contributed by atoms with E-state index in [0.717, 1.165) is 25.7 Å². The smallest absolute Gasteiger partial charge is 0.136 e. The molecule has 0 saturated heterocycles. The van der Waals surface area contributed by atoms with Crippen LogP contribution in [0.1, 0.15) is 58.3 Å². The number of hydrogen-bond acceptors (Lipinski definition) is 2. The van der Waals surface area contributed by atoms with E-state index in [4.69, 9.17) is 5.73 Å². The van der Waals surface area contributed by atoms with Crippen molar-refractivity contribution >= 4 is 5.78 Å². The molecule has 0 radical (unpaired) electrons. The van der Waals surface area contributed by atoms with Crippen molar-refractivity contribution in [3.05, 3.63) is 24.3 Å². The lowest BCUT2D eigenvalue weighted by Crippen LogP contribution is -2.12. The molecule has 2 nitrogen and oxygen atoms in total. The summed E-state index contributed by atoms with van der Waals surface area (Å²) in [6.07, 6.45) is 17.6. The Kier molecular flexibility index (Phi) is 8.48. The normalized spacial score (nSPS) is 24.0. The predicted molar refractivity (Wildman–Crippen MR) is 81.9 cm³/mol. The number of carbonyl (C=O) groups excluding carboxylic acids is 1. The first kappa shape index (κ1) is 16.2. The van der Waals surface area contributed by atoms with Crippen molar-refractivity contribution in [2.24, 2.45) is 17.6 Å². The molecule has 1 fully saturated rings. The summed E-state index contributed by atoms with van der Waals surface area (Å²) in [5.74, 6) is 1.10. The maximum Gasteiger partial charge on any atom is 0.136 e. The maximum absolute atomic E-state index is 11.9. The standard InChI is InChI=1S/C17H29NO/c1-2-3-4-5-6-7-10-15-12-13-17(19)16(15)11-8-9-14-18/h7-10,15-16H,2-6,11-14,18H2,1H3/b9-8-,10-7+/t15?,16-/m1/s1. The van der Waals surface area contributed by atoms with Gasteiger partial charge in [0.2, 0.25) is 0 Å². The van der Waals surface area contributed by atoms with Gasteiger partial charge in [-0.2, -0.15) is 0 Å². The van der Waals surface area contributed by atoms with Gasteiger partial charge in [-0.3, -0.25) is 4.79 Å². The van der Waals surface area contributed by atoms with E-state index < -0.39 is 0 Å². The Morgan fingerprint density at radius 1 is 1.21 bits per heavy atom. The van der Waals surface area contributed by atoms with Crippen molar-refractivity contribution in [2.75, 3.05) is 6.54 Å². The summed E-state index contributed by atoms with van der Waals surface area (Å²) < 4.78 is 0. The summed E-state index contributed by atoms with van der Waals surface area (Å²) in [4.78, 5) is 11.9. The molecule has 2 N–H and O–H groups in total. The molecule has 2 heteroatoms. The van der Waals surface area contributed by atoms with Gasteiger partial charge < -0.3 is 5.73 Å². The van der Waals surface area contributed by atoms with Gasteiger partial charge in [0.15, 0.2) is 0 Å². The molecule has 0 aliphatic heterocycles. The van der Waals surface area contributed by atoms with E-state index >= 15 is 0 Å². The van der Waals surface area contributed by atoms with Crippen molar-refractivity contribution in [1.29, 1.82) is 0 Å². The minimum atomic E-state index is 0.203. The van der Waals surface area contributed by atoms with Crippen LogP contribution >= 0.6 is 0 Å². The number of ketones is 1. The zero-order valence-corrected chi connectivity index (χ0v) is 12.3. The van der Waals surface area contributed by atoms with Gasteiger partial charge in [-0.25, -0.2) is 0 Å². The lowest BCUT2D eigenvalue weighted by atomic mass is 9.91. The zero-order chi connectivity index (χ0) is 13.9. The molecule has 108 valence electrons. The van der Waals surface area contributed by atoms with Gasteiger partial charge in [-0.15, -0.1) is 0 Å². The second-order valence-corrected chi connectivity index (χ2v) is 5.50. The molecule has 0 spiro atoms. The number of unbranched alkanes of at least 4 members (excludes halogenated alkanes) is 4. The van der Waals surface area contributed by atoms with Crippen LogP contribution in [0.3, 0.4) is 0 Å². The zero-order valence-electron chi connectivity index (χ0n) is 12.3. The van der Waals surface area contributed by atoms with Gasteiger partial charge in [0, 0.05) is 18.9 Å². The molecule has 0 bridgehead atoms. The summed E-state index contributed by atoms with van der Waals surface area (Å²) in [5, 5.41) is 0. The highest BCUT2D eigenvalue weighted by molar-refractivity contribution is 5.83. The van der Waals surface area contributed by atoms with E-state index in [-0.39, 0.29) is 5.92 Å². The third-order valence-corrected chi connectivity index (χ3v) is 3.95. The SMILES string of the molecule is CCCCCC/C=C/C1CCC(=O)[C@@H]1C/C=C\CN. The Morgan fingerprint density at radius 3 is 2.79 bits per heavy atom. The Labute approximate surface area is 118 Å². The molecule has 1 aliphatic carbocycles. The topological polar surface area (TPSA) is 43.1 Å². The first-order valence-corrected chi connectivity index (χ1v) is 7.84. The highest BCUT2D eigenvalue weighted by atomic mass is 16.1. The minimum absolute atomic E-state index is 0.203. The van der Waals surface area contributed by atoms with Crippen LogP contribution < -0.4 is 5.73 Å². The van der Waals surface area contributed by atoms with Crippen molar-refractivity contribution in [3.63, 3.8) is 0 Å². The van der Waals surface area contributed by atoms with E-state index in [1.807, 2.05) is 6.08 Å². The van der Waals surface area contributed by atoms with Crippen molar-refractivity contribution < 1.29 is 4.79 Å². The highest BCUT2D eigenvalue weighted by Crippen LogP contribution is 2.32. The lowest BCUT2D eigenvalue weighted by molar-refractivity contribution is -0.120. The predicted octanol–water partition coefficient (Wildman–Crippen LogP) is 4.01. The van der Waals surface area contributed by atoms with E-state index in [2.05, 4.69) is 25.2 Å². The molecule has 1 aliphatic rings. The monoisotopic (exact) mass is 263 g/mol. The van der Waals surface area contributed by atoms with Gasteiger partial charge in [0.25, 0.3) is 0 Å². The number of Topliss-reactive ketones (excluding diaryl/α,β-unsaturated/α-hetero) is 1. The molecule has 1 unspecified atom stereocenters. The van der Waals surface area contributed by atoms with Crippen LogP contribution in [-0.2, 0) is 4.79 Å². The molecule has 0 aromatic rings. The van der Waals surface area contributed by atoms with Crippen molar-refractivity contribution in [1.82, 2.24) is 0 Å². The number of nitrogens with two attached hydrogens (primary N) is 1. The van der Waals surface area contributed by atoms with Crippen LogP contribution in [0.2, 0.25) is 0 Å². The quantitative estimate of drug-likeness (QED) is 0.504. The summed E-state index contributed by atoms with van der Waals surface area (Å²) in [7, 11) is 0. The molecule has 1 rings (SSSR count). The first-order chi connectivity index (χ1) is 9.29. The summed E-state index contributed by atoms with van der Waals surface area (Å²) >= 11 is 0. The van der Waals surface area contributed by atoms with Crippen LogP contribution in [-0.4, -0.2) is 12.3 Å². The van der Waals surface area contributed by atoms with E-state index in [1.165, 1.54) is 25.7 Å². The Morgan fingerprint density at radius 2 is 2.05 bits per heavy atom. The van der Waals surface area contributed by atoms with Crippen molar-refractivity contribution in [2.45, 2.75) is 58.3 Å². The molecular formula is C17H29NO. The first-order valence-electron chi connectivity index (χ1n) is 7.84. The largest absolute Gasteiger partial charge is 0.327 e. The fraction of sp³-hybridized carbons (Fsp3) is 0.706. The maximum atomic E-state index is 11.9. The van der Waals surface area contributed by atoms with Gasteiger partial charge in [0.1, 0.15) is 5.78 Å². The summed E-state index contributed by atoms with van der Waals surface area (Å²) in [5.41, 5.74) is 5.43. The summed E-state index contributed by atoms with van der Waals surface area (Å²) in [6.45, 7) is 2.80. The Balaban J connectivity index is 2.32. The average molecular weight is 263 g/mol. The molecule has 1 saturated carbocycles. The number of hydrogen-bond donors (Lipinski definition) is 1. The average Bonchev–Trinajstić information content (AvgIpc) is 2.76. The second kappa shape index (κ2) is 9.96. The van der Waals surface area contributed by atoms with Gasteiger partial charge in [0.05, 0.1) is 0 Å². The van der Waals surface area contributed by atoms with Crippen LogP contribution in [0.15, 0.2) is 24.3 Å². The molecule has 0 aromatic carbocycles. The van der Waals surface area contributed by atoms with Gasteiger partial charge in [-0.1, -0.05) is 50.5 Å². The van der Waals surface area contributed by atoms with E-state index in [9.17, 15) is 4.79 Å². The summed E-state index contributed by atoms with van der Waals surface area (Å²) in [6, 6.07) is 0. The van der Waals surface area contributed by atoms with Gasteiger partial charge >= 0.3 is 0 Å². The highest BCUT2D eigenvalue weighted by Gasteiger charge is 2.31. The molecule has 0 aromatic heterocycles. The molecule has 0 amide bonds.